The maximum Gasteiger partial charge on any atom is 0.416 e. The first-order valence-electron chi connectivity index (χ1n) is 12.9. The van der Waals surface area contributed by atoms with Crippen molar-refractivity contribution in [2.75, 3.05) is 64.9 Å². The fourth-order valence-corrected chi connectivity index (χ4v) is 4.80. The van der Waals surface area contributed by atoms with E-state index in [0.29, 0.717) is 42.5 Å². The van der Waals surface area contributed by atoms with Crippen LogP contribution in [0.4, 0.5) is 18.9 Å². The van der Waals surface area contributed by atoms with Crippen LogP contribution >= 0.6 is 0 Å². The van der Waals surface area contributed by atoms with Gasteiger partial charge in [-0.2, -0.15) is 13.2 Å². The lowest BCUT2D eigenvalue weighted by Gasteiger charge is -2.36. The van der Waals surface area contributed by atoms with Gasteiger partial charge in [-0.1, -0.05) is 24.2 Å². The number of nitrogens with zero attached hydrogens (tertiary/aromatic N) is 4. The molecule has 3 aromatic rings. The Hall–Kier alpha value is -3.24. The maximum absolute atomic E-state index is 13.1. The van der Waals surface area contributed by atoms with Gasteiger partial charge in [-0.25, -0.2) is 0 Å². The minimum atomic E-state index is -4.32. The molecule has 0 unspecified atom stereocenters. The molecule has 0 saturated carbocycles. The second-order valence-corrected chi connectivity index (χ2v) is 9.32. The molecule has 1 fully saturated rings. The predicted molar refractivity (Wildman–Crippen MR) is 141 cm³/mol. The lowest BCUT2D eigenvalue weighted by atomic mass is 10.1. The van der Waals surface area contributed by atoms with Crippen LogP contribution in [0.2, 0.25) is 0 Å². The largest absolute Gasteiger partial charge is 0.493 e. The van der Waals surface area contributed by atoms with Gasteiger partial charge in [-0.15, -0.1) is 0 Å². The summed E-state index contributed by atoms with van der Waals surface area (Å²) in [7, 11) is 3.21. The molecule has 7 nitrogen and oxygen atoms in total. The summed E-state index contributed by atoms with van der Waals surface area (Å²) in [5.74, 6) is 2.04. The van der Waals surface area contributed by atoms with Crippen LogP contribution in [-0.4, -0.2) is 75.0 Å². The van der Waals surface area contributed by atoms with Gasteiger partial charge >= 0.3 is 6.18 Å². The predicted octanol–water partition coefficient (Wildman–Crippen LogP) is 5.41. The van der Waals surface area contributed by atoms with E-state index in [4.69, 9.17) is 14.0 Å². The first kappa shape index (κ1) is 27.8. The van der Waals surface area contributed by atoms with Crippen LogP contribution in [0.15, 0.2) is 53.1 Å². The molecule has 0 atom stereocenters. The summed E-state index contributed by atoms with van der Waals surface area (Å²) < 4.78 is 55.7. The van der Waals surface area contributed by atoms with E-state index in [9.17, 15) is 13.2 Å². The Morgan fingerprint density at radius 3 is 2.45 bits per heavy atom. The van der Waals surface area contributed by atoms with Gasteiger partial charge in [0.05, 0.1) is 26.3 Å². The Bertz CT molecular complexity index is 1180. The smallest absolute Gasteiger partial charge is 0.416 e. The zero-order chi connectivity index (χ0) is 27.1. The zero-order valence-electron chi connectivity index (χ0n) is 22.1. The molecule has 1 aromatic heterocycles. The summed E-state index contributed by atoms with van der Waals surface area (Å²) >= 11 is 0. The second-order valence-electron chi connectivity index (χ2n) is 9.32. The molecule has 1 saturated heterocycles. The molecule has 10 heteroatoms. The SMILES string of the molecule is CCN(CCCN1CCN(c2cccc(C(F)(F)F)c2)CC1)Cc1cc(-c2cccc(OC)c2OC)no1. The van der Waals surface area contributed by atoms with E-state index in [-0.39, 0.29) is 0 Å². The number of piperazine rings is 1. The van der Waals surface area contributed by atoms with E-state index in [1.165, 1.54) is 12.1 Å². The van der Waals surface area contributed by atoms with Crippen LogP contribution in [0.1, 0.15) is 24.7 Å². The van der Waals surface area contributed by atoms with Crippen molar-refractivity contribution in [2.45, 2.75) is 26.1 Å². The van der Waals surface area contributed by atoms with Gasteiger partial charge in [0.2, 0.25) is 0 Å². The molecule has 0 bridgehead atoms. The molecule has 1 aliphatic rings. The first-order valence-corrected chi connectivity index (χ1v) is 12.9. The molecule has 1 aliphatic heterocycles. The Labute approximate surface area is 221 Å². The molecule has 0 amide bonds. The Morgan fingerprint density at radius 2 is 1.76 bits per heavy atom. The number of para-hydroxylation sites is 1. The van der Waals surface area contributed by atoms with Gasteiger partial charge in [0.15, 0.2) is 17.3 Å². The average molecular weight is 533 g/mol. The van der Waals surface area contributed by atoms with Gasteiger partial charge < -0.3 is 18.9 Å². The topological polar surface area (TPSA) is 54.2 Å². The molecule has 2 aromatic carbocycles. The van der Waals surface area contributed by atoms with Crippen LogP contribution in [0, 0.1) is 0 Å². The molecular weight excluding hydrogens is 497 g/mol. The monoisotopic (exact) mass is 532 g/mol. The highest BCUT2D eigenvalue weighted by Gasteiger charge is 2.31. The van der Waals surface area contributed by atoms with E-state index in [1.54, 1.807) is 20.3 Å². The second kappa shape index (κ2) is 12.5. The van der Waals surface area contributed by atoms with Gasteiger partial charge in [0, 0.05) is 43.5 Å². The number of benzene rings is 2. The fourth-order valence-electron chi connectivity index (χ4n) is 4.80. The minimum Gasteiger partial charge on any atom is -0.493 e. The quantitative estimate of drug-likeness (QED) is 0.327. The molecule has 4 rings (SSSR count). The Balaban J connectivity index is 1.25. The highest BCUT2D eigenvalue weighted by Crippen LogP contribution is 2.37. The van der Waals surface area contributed by atoms with Crippen LogP contribution in [0.25, 0.3) is 11.3 Å². The summed E-state index contributed by atoms with van der Waals surface area (Å²) in [5.41, 5.74) is 1.55. The molecule has 0 spiro atoms. The van der Waals surface area contributed by atoms with Crippen molar-refractivity contribution in [2.24, 2.45) is 0 Å². The number of hydrogen-bond acceptors (Lipinski definition) is 7. The van der Waals surface area contributed by atoms with Gasteiger partial charge in [-0.05, 0) is 56.4 Å². The zero-order valence-corrected chi connectivity index (χ0v) is 22.1. The third-order valence-corrected chi connectivity index (χ3v) is 6.92. The molecule has 0 radical (unpaired) electrons. The summed E-state index contributed by atoms with van der Waals surface area (Å²) in [6, 6.07) is 13.2. The van der Waals surface area contributed by atoms with Crippen LogP contribution in [0.5, 0.6) is 11.5 Å². The number of hydrogen-bond donors (Lipinski definition) is 0. The number of alkyl halides is 3. The third kappa shape index (κ3) is 6.79. The summed E-state index contributed by atoms with van der Waals surface area (Å²) in [6.07, 6.45) is -3.33. The van der Waals surface area contributed by atoms with Crippen molar-refractivity contribution in [1.29, 1.82) is 0 Å². The van der Waals surface area contributed by atoms with Crippen molar-refractivity contribution < 1.29 is 27.2 Å². The molecule has 38 heavy (non-hydrogen) atoms. The highest BCUT2D eigenvalue weighted by molar-refractivity contribution is 5.71. The van der Waals surface area contributed by atoms with Crippen LogP contribution < -0.4 is 14.4 Å². The number of halogens is 3. The van der Waals surface area contributed by atoms with Crippen molar-refractivity contribution in [3.63, 3.8) is 0 Å². The molecule has 206 valence electrons. The van der Waals surface area contributed by atoms with E-state index < -0.39 is 11.7 Å². The lowest BCUT2D eigenvalue weighted by Crippen LogP contribution is -2.47. The number of anilines is 1. The number of aromatic nitrogens is 1. The lowest BCUT2D eigenvalue weighted by molar-refractivity contribution is -0.137. The standard InChI is InChI=1S/C28H35F3N4O3/c1-4-33(20-23-19-25(32-38-23)24-10-6-11-26(36-2)27(24)37-3)12-7-13-34-14-16-35(17-15-34)22-9-5-8-21(18-22)28(29,30)31/h5-6,8-11,18-19H,4,7,12-17,20H2,1-3H3. The first-order chi connectivity index (χ1) is 18.3. The van der Waals surface area contributed by atoms with Gasteiger partial charge in [-0.3, -0.25) is 9.80 Å². The Morgan fingerprint density at radius 1 is 1.00 bits per heavy atom. The molecular formula is C28H35F3N4O3. The fraction of sp³-hybridized carbons (Fsp3) is 0.464. The summed E-state index contributed by atoms with van der Waals surface area (Å²) in [6.45, 7) is 8.59. The summed E-state index contributed by atoms with van der Waals surface area (Å²) in [5, 5.41) is 4.25. The van der Waals surface area contributed by atoms with Crippen LogP contribution in [-0.2, 0) is 12.7 Å². The number of rotatable bonds is 11. The minimum absolute atomic E-state index is 0.599. The van der Waals surface area contributed by atoms with Crippen molar-refractivity contribution in [1.82, 2.24) is 15.0 Å². The highest BCUT2D eigenvalue weighted by atomic mass is 19.4. The van der Waals surface area contributed by atoms with E-state index >= 15 is 0 Å². The molecule has 0 N–H and O–H groups in total. The van der Waals surface area contributed by atoms with Crippen molar-refractivity contribution in [3.05, 3.63) is 59.9 Å². The van der Waals surface area contributed by atoms with Gasteiger partial charge in [0.1, 0.15) is 5.69 Å². The summed E-state index contributed by atoms with van der Waals surface area (Å²) in [4.78, 5) is 6.72. The van der Waals surface area contributed by atoms with E-state index in [2.05, 4.69) is 21.9 Å². The average Bonchev–Trinajstić information content (AvgIpc) is 3.40. The van der Waals surface area contributed by atoms with Crippen LogP contribution in [0.3, 0.4) is 0 Å². The van der Waals surface area contributed by atoms with Crippen molar-refractivity contribution in [3.8, 4) is 22.8 Å². The van der Waals surface area contributed by atoms with E-state index in [1.807, 2.05) is 29.2 Å². The molecule has 0 aliphatic carbocycles. The van der Waals surface area contributed by atoms with E-state index in [0.717, 1.165) is 56.5 Å². The molecule has 2 heterocycles. The van der Waals surface area contributed by atoms with Crippen molar-refractivity contribution >= 4 is 5.69 Å². The third-order valence-electron chi connectivity index (χ3n) is 6.92. The van der Waals surface area contributed by atoms with Gasteiger partial charge in [0.25, 0.3) is 0 Å². The number of methoxy groups -OCH3 is 2. The number of ether oxygens (including phenoxy) is 2. The normalized spacial score (nSPS) is 14.8. The maximum atomic E-state index is 13.1. The Kier molecular flexibility index (Phi) is 9.17.